The molecule has 0 aliphatic carbocycles. The number of aromatic nitrogens is 2. The zero-order chi connectivity index (χ0) is 21.8. The summed E-state index contributed by atoms with van der Waals surface area (Å²) < 4.78 is 0. The molecule has 0 saturated carbocycles. The molecule has 0 amide bonds. The van der Waals surface area contributed by atoms with E-state index in [-0.39, 0.29) is 12.3 Å². The van der Waals surface area contributed by atoms with Gasteiger partial charge in [-0.25, -0.2) is 4.98 Å². The van der Waals surface area contributed by atoms with Gasteiger partial charge in [-0.05, 0) is 31.7 Å². The monoisotopic (exact) mass is 421 g/mol. The van der Waals surface area contributed by atoms with Crippen molar-refractivity contribution in [2.24, 2.45) is 0 Å². The lowest BCUT2D eigenvalue weighted by atomic mass is 10.00. The molecule has 0 spiro atoms. The Morgan fingerprint density at radius 1 is 0.933 bits per heavy atom. The number of fused-ring (bicyclic) bond motifs is 1. The zero-order valence-electron chi connectivity index (χ0n) is 17.6. The maximum Gasteiger partial charge on any atom is 0.271 e. The third-order valence-electron chi connectivity index (χ3n) is 5.49. The number of imidazole rings is 1. The van der Waals surface area contributed by atoms with E-state index in [1.807, 2.05) is 0 Å². The lowest BCUT2D eigenvalue weighted by Gasteiger charge is -2.17. The molecule has 4 N–H and O–H groups in total. The van der Waals surface area contributed by atoms with Gasteiger partial charge >= 0.3 is 0 Å². The number of H-pyrrole nitrogens is 1. The van der Waals surface area contributed by atoms with Gasteiger partial charge in [-0.2, -0.15) is 0 Å². The van der Waals surface area contributed by atoms with Crippen LogP contribution in [0.15, 0.2) is 18.2 Å². The average Bonchev–Trinajstić information content (AvgIpc) is 3.14. The number of rotatable bonds is 16. The van der Waals surface area contributed by atoms with Crippen molar-refractivity contribution in [1.29, 1.82) is 0 Å². The van der Waals surface area contributed by atoms with Crippen LogP contribution in [0, 0.1) is 10.1 Å². The van der Waals surface area contributed by atoms with Crippen LogP contribution in [0.2, 0.25) is 0 Å². The molecule has 0 aliphatic heterocycles. The van der Waals surface area contributed by atoms with Crippen molar-refractivity contribution in [3.8, 4) is 0 Å². The topological polar surface area (TPSA) is 133 Å². The Morgan fingerprint density at radius 3 is 2.17 bits per heavy atom. The summed E-state index contributed by atoms with van der Waals surface area (Å²) >= 11 is 0. The molecule has 0 saturated heterocycles. The van der Waals surface area contributed by atoms with Crippen molar-refractivity contribution < 1.29 is 20.2 Å². The number of hydrogen-bond donors (Lipinski definition) is 4. The zero-order valence-corrected chi connectivity index (χ0v) is 17.6. The van der Waals surface area contributed by atoms with Crippen molar-refractivity contribution in [2.75, 3.05) is 6.61 Å². The highest BCUT2D eigenvalue weighted by Crippen LogP contribution is 2.20. The SMILES string of the molecule is O=[N+]([O-])c1ccc2nc(CCCCCCCC(O)C(O)CCCCCCO)[nH]c2c1. The molecule has 0 bridgehead atoms. The number of nitro benzene ring substituents is 1. The number of unbranched alkanes of at least 4 members (excludes halogenated alkanes) is 7. The Hall–Kier alpha value is -2.03. The van der Waals surface area contributed by atoms with Gasteiger partial charge in [0, 0.05) is 25.2 Å². The van der Waals surface area contributed by atoms with Crippen LogP contribution < -0.4 is 0 Å². The number of aliphatic hydroxyl groups is 3. The van der Waals surface area contributed by atoms with Crippen LogP contribution in [-0.4, -0.2) is 49.0 Å². The van der Waals surface area contributed by atoms with Crippen molar-refractivity contribution >= 4 is 16.7 Å². The highest BCUT2D eigenvalue weighted by Gasteiger charge is 2.15. The van der Waals surface area contributed by atoms with Crippen LogP contribution >= 0.6 is 0 Å². The molecule has 168 valence electrons. The lowest BCUT2D eigenvalue weighted by Crippen LogP contribution is -2.25. The van der Waals surface area contributed by atoms with Gasteiger partial charge in [0.1, 0.15) is 5.82 Å². The molecule has 8 heteroatoms. The Labute approximate surface area is 177 Å². The Balaban J connectivity index is 1.54. The normalized spacial score (nSPS) is 13.6. The number of benzene rings is 1. The number of nitrogens with zero attached hydrogens (tertiary/aromatic N) is 2. The van der Waals surface area contributed by atoms with Gasteiger partial charge in [0.05, 0.1) is 28.2 Å². The van der Waals surface area contributed by atoms with Crippen LogP contribution in [0.25, 0.3) is 11.0 Å². The molecule has 0 radical (unpaired) electrons. The minimum atomic E-state index is -0.651. The summed E-state index contributed by atoms with van der Waals surface area (Å²) in [6.07, 6.45) is 9.41. The predicted molar refractivity (Wildman–Crippen MR) is 116 cm³/mol. The van der Waals surface area contributed by atoms with E-state index in [1.54, 1.807) is 6.07 Å². The third kappa shape index (κ3) is 8.38. The van der Waals surface area contributed by atoms with Crippen LogP contribution in [0.5, 0.6) is 0 Å². The van der Waals surface area contributed by atoms with Gasteiger partial charge in [0.25, 0.3) is 5.69 Å². The van der Waals surface area contributed by atoms with E-state index >= 15 is 0 Å². The number of non-ortho nitro benzene ring substituents is 1. The molecule has 2 unspecified atom stereocenters. The minimum Gasteiger partial charge on any atom is -0.396 e. The Kier molecular flexibility index (Phi) is 10.8. The first-order valence-corrected chi connectivity index (χ1v) is 11.1. The second-order valence-corrected chi connectivity index (χ2v) is 8.01. The quantitative estimate of drug-likeness (QED) is 0.184. The number of aromatic amines is 1. The second-order valence-electron chi connectivity index (χ2n) is 8.01. The van der Waals surface area contributed by atoms with Crippen LogP contribution in [0.4, 0.5) is 5.69 Å². The summed E-state index contributed by atoms with van der Waals surface area (Å²) in [5.74, 6) is 0.850. The molecular formula is C22H35N3O5. The number of aryl methyl sites for hydroxylation is 1. The molecule has 0 fully saturated rings. The van der Waals surface area contributed by atoms with Gasteiger partial charge in [-0.1, -0.05) is 44.9 Å². The molecule has 2 atom stereocenters. The van der Waals surface area contributed by atoms with Crippen molar-refractivity contribution in [3.05, 3.63) is 34.1 Å². The fraction of sp³-hybridized carbons (Fsp3) is 0.682. The van der Waals surface area contributed by atoms with E-state index in [4.69, 9.17) is 5.11 Å². The second kappa shape index (κ2) is 13.3. The first-order chi connectivity index (χ1) is 14.5. The molecule has 0 aliphatic rings. The van der Waals surface area contributed by atoms with E-state index in [0.29, 0.717) is 18.4 Å². The van der Waals surface area contributed by atoms with Crippen molar-refractivity contribution in [3.63, 3.8) is 0 Å². The maximum atomic E-state index is 10.8. The van der Waals surface area contributed by atoms with Gasteiger partial charge in [0.15, 0.2) is 0 Å². The number of nitrogens with one attached hydrogen (secondary N) is 1. The number of aliphatic hydroxyl groups excluding tert-OH is 3. The summed E-state index contributed by atoms with van der Waals surface area (Å²) in [6, 6.07) is 4.65. The fourth-order valence-electron chi connectivity index (χ4n) is 3.66. The first-order valence-electron chi connectivity index (χ1n) is 11.1. The largest absolute Gasteiger partial charge is 0.396 e. The minimum absolute atomic E-state index is 0.0618. The van der Waals surface area contributed by atoms with E-state index in [9.17, 15) is 20.3 Å². The standard InChI is InChI=1S/C22H35N3O5/c26-15-9-5-4-7-11-21(28)20(27)10-6-2-1-3-8-12-22-23-18-14-13-17(25(29)30)16-19(18)24-22/h13-14,16,20-21,26-28H,1-12,15H2,(H,23,24). The molecule has 8 nitrogen and oxygen atoms in total. The Morgan fingerprint density at radius 2 is 1.53 bits per heavy atom. The van der Waals surface area contributed by atoms with Crippen LogP contribution in [-0.2, 0) is 6.42 Å². The molecule has 30 heavy (non-hydrogen) atoms. The van der Waals surface area contributed by atoms with Gasteiger partial charge in [-0.15, -0.1) is 0 Å². The number of hydrogen-bond acceptors (Lipinski definition) is 6. The molecule has 1 aromatic heterocycles. The average molecular weight is 422 g/mol. The highest BCUT2D eigenvalue weighted by molar-refractivity contribution is 5.77. The smallest absolute Gasteiger partial charge is 0.271 e. The van der Waals surface area contributed by atoms with Crippen LogP contribution in [0.1, 0.15) is 76.5 Å². The maximum absolute atomic E-state index is 10.8. The third-order valence-corrected chi connectivity index (χ3v) is 5.49. The molecule has 1 heterocycles. The molecule has 2 rings (SSSR count). The summed E-state index contributed by atoms with van der Waals surface area (Å²) in [7, 11) is 0. The van der Waals surface area contributed by atoms with E-state index in [2.05, 4.69) is 9.97 Å². The van der Waals surface area contributed by atoms with Gasteiger partial charge in [0.2, 0.25) is 0 Å². The fourth-order valence-corrected chi connectivity index (χ4v) is 3.66. The molecular weight excluding hydrogens is 386 g/mol. The molecule has 1 aromatic carbocycles. The van der Waals surface area contributed by atoms with Crippen molar-refractivity contribution in [2.45, 2.75) is 89.3 Å². The number of nitro groups is 1. The summed E-state index contributed by atoms with van der Waals surface area (Å²) in [6.45, 7) is 0.217. The van der Waals surface area contributed by atoms with Crippen LogP contribution in [0.3, 0.4) is 0 Å². The summed E-state index contributed by atoms with van der Waals surface area (Å²) in [4.78, 5) is 18.1. The molecule has 2 aromatic rings. The predicted octanol–water partition coefficient (Wildman–Crippen LogP) is 4.02. The van der Waals surface area contributed by atoms with Gasteiger partial charge in [-0.3, -0.25) is 10.1 Å². The van der Waals surface area contributed by atoms with E-state index in [0.717, 1.165) is 75.5 Å². The van der Waals surface area contributed by atoms with Gasteiger partial charge < -0.3 is 20.3 Å². The summed E-state index contributed by atoms with van der Waals surface area (Å²) in [5, 5.41) is 39.6. The lowest BCUT2D eigenvalue weighted by molar-refractivity contribution is -0.384. The van der Waals surface area contributed by atoms with E-state index in [1.165, 1.54) is 12.1 Å². The first kappa shape index (κ1) is 24.2. The van der Waals surface area contributed by atoms with Crippen molar-refractivity contribution in [1.82, 2.24) is 9.97 Å². The highest BCUT2D eigenvalue weighted by atomic mass is 16.6. The summed E-state index contributed by atoms with van der Waals surface area (Å²) in [5.41, 5.74) is 1.50. The van der Waals surface area contributed by atoms with E-state index < -0.39 is 17.1 Å². The Bertz CT molecular complexity index is 764.